The van der Waals surface area contributed by atoms with Crippen molar-refractivity contribution in [3.8, 4) is 0 Å². The third-order valence-electron chi connectivity index (χ3n) is 0.691. The van der Waals surface area contributed by atoms with E-state index in [4.69, 9.17) is 10.8 Å². The molecule has 0 spiro atoms. The molecule has 0 unspecified atom stereocenters. The average molecular weight is 149 g/mol. The topological polar surface area (TPSA) is 63.3 Å². The molecule has 0 radical (unpaired) electrons. The Morgan fingerprint density at radius 3 is 2.10 bits per heavy atom. The zero-order valence-electron chi connectivity index (χ0n) is 4.84. The quantitative estimate of drug-likeness (QED) is 0.448. The van der Waals surface area contributed by atoms with E-state index in [1.54, 1.807) is 0 Å². The van der Waals surface area contributed by atoms with Crippen molar-refractivity contribution in [2.75, 3.05) is 0 Å². The van der Waals surface area contributed by atoms with Crippen LogP contribution in [0.3, 0.4) is 0 Å². The molecule has 0 aromatic rings. The Balaban J connectivity index is 4.42. The average Bonchev–Trinajstić information content (AvgIpc) is 1.81. The summed E-state index contributed by atoms with van der Waals surface area (Å²) >= 11 is 0. The van der Waals surface area contributed by atoms with E-state index in [1.807, 2.05) is 0 Å². The molecule has 10 heavy (non-hydrogen) atoms. The van der Waals surface area contributed by atoms with Crippen LogP contribution in [0.1, 0.15) is 0 Å². The molecule has 5 heteroatoms. The Hall–Kier alpha value is -1.39. The second-order valence-electron chi connectivity index (χ2n) is 1.36. The van der Waals surface area contributed by atoms with Gasteiger partial charge in [0.15, 0.2) is 0 Å². The third kappa shape index (κ3) is 2.81. The van der Waals surface area contributed by atoms with Crippen LogP contribution in [0.25, 0.3) is 0 Å². The van der Waals surface area contributed by atoms with Crippen LogP contribution in [0, 0.1) is 0 Å². The molecule has 0 amide bonds. The van der Waals surface area contributed by atoms with E-state index < -0.39 is 17.6 Å². The van der Waals surface area contributed by atoms with Crippen molar-refractivity contribution in [2.45, 2.75) is 0 Å². The normalized spacial score (nSPS) is 10.8. The van der Waals surface area contributed by atoms with E-state index in [2.05, 4.69) is 0 Å². The number of hydrogen-bond acceptors (Lipinski definition) is 2. The summed E-state index contributed by atoms with van der Waals surface area (Å²) in [6.45, 7) is 0. The van der Waals surface area contributed by atoms with Crippen LogP contribution in [-0.2, 0) is 4.79 Å². The van der Waals surface area contributed by atoms with Crippen LogP contribution < -0.4 is 5.73 Å². The number of carbonyl (C=O) groups is 1. The highest BCUT2D eigenvalue weighted by Crippen LogP contribution is 2.03. The molecular weight excluding hydrogens is 144 g/mol. The van der Waals surface area contributed by atoms with Crippen molar-refractivity contribution in [3.05, 3.63) is 23.9 Å². The first kappa shape index (κ1) is 8.61. The molecule has 0 fully saturated rings. The summed E-state index contributed by atoms with van der Waals surface area (Å²) in [7, 11) is 0. The predicted octanol–water partition coefficient (Wildman–Crippen LogP) is 0.694. The molecule has 0 aliphatic heterocycles. The highest BCUT2D eigenvalue weighted by Gasteiger charge is 2.03. The lowest BCUT2D eigenvalue weighted by Crippen LogP contribution is -2.00. The van der Waals surface area contributed by atoms with Gasteiger partial charge in [0, 0.05) is 12.3 Å². The van der Waals surface area contributed by atoms with Gasteiger partial charge in [0.25, 0.3) is 6.08 Å². The Bertz CT molecular complexity index is 194. The van der Waals surface area contributed by atoms with E-state index in [0.717, 1.165) is 0 Å². The van der Waals surface area contributed by atoms with E-state index in [-0.39, 0.29) is 6.08 Å². The second kappa shape index (κ2) is 3.60. The fourth-order valence-corrected chi connectivity index (χ4v) is 0.299. The van der Waals surface area contributed by atoms with Crippen LogP contribution in [0.15, 0.2) is 23.9 Å². The molecule has 0 heterocycles. The first-order valence-electron chi connectivity index (χ1n) is 2.26. The molecule has 0 rings (SSSR count). The Kier molecular flexibility index (Phi) is 3.10. The van der Waals surface area contributed by atoms with Crippen molar-refractivity contribution in [3.63, 3.8) is 0 Å². The SMILES string of the molecule is NC=C(C=C(F)F)C(=O)O. The highest BCUT2D eigenvalue weighted by molar-refractivity contribution is 5.89. The van der Waals surface area contributed by atoms with E-state index in [1.165, 1.54) is 0 Å². The lowest BCUT2D eigenvalue weighted by atomic mass is 10.3. The first-order valence-corrected chi connectivity index (χ1v) is 2.26. The minimum atomic E-state index is -2.08. The number of hydrogen-bond donors (Lipinski definition) is 2. The summed E-state index contributed by atoms with van der Waals surface area (Å²) < 4.78 is 22.7. The van der Waals surface area contributed by atoms with Gasteiger partial charge in [0.2, 0.25) is 0 Å². The fraction of sp³-hybridized carbons (Fsp3) is 0. The minimum absolute atomic E-state index is 0.183. The maximum Gasteiger partial charge on any atom is 0.337 e. The van der Waals surface area contributed by atoms with Gasteiger partial charge in [-0.25, -0.2) is 4.79 Å². The molecule has 0 atom stereocenters. The van der Waals surface area contributed by atoms with Crippen molar-refractivity contribution in [1.82, 2.24) is 0 Å². The Labute approximate surface area is 55.4 Å². The second-order valence-corrected chi connectivity index (χ2v) is 1.36. The Morgan fingerprint density at radius 1 is 1.50 bits per heavy atom. The summed E-state index contributed by atoms with van der Waals surface area (Å²) in [6.07, 6.45) is -1.30. The minimum Gasteiger partial charge on any atom is -0.478 e. The lowest BCUT2D eigenvalue weighted by molar-refractivity contribution is -0.132. The van der Waals surface area contributed by atoms with Gasteiger partial charge in [-0.3, -0.25) is 0 Å². The summed E-state index contributed by atoms with van der Waals surface area (Å²) in [4.78, 5) is 9.94. The van der Waals surface area contributed by atoms with Crippen LogP contribution in [-0.4, -0.2) is 11.1 Å². The van der Waals surface area contributed by atoms with Crippen LogP contribution in [0.4, 0.5) is 8.78 Å². The number of aliphatic carboxylic acids is 1. The van der Waals surface area contributed by atoms with E-state index in [9.17, 15) is 13.6 Å². The number of carboxylic acid groups (broad SMARTS) is 1. The maximum atomic E-state index is 11.3. The van der Waals surface area contributed by atoms with Gasteiger partial charge in [-0.15, -0.1) is 0 Å². The smallest absolute Gasteiger partial charge is 0.337 e. The number of nitrogens with two attached hydrogens (primary N) is 1. The van der Waals surface area contributed by atoms with Crippen LogP contribution in [0.2, 0.25) is 0 Å². The summed E-state index contributed by atoms with van der Waals surface area (Å²) in [6, 6.07) is 0. The van der Waals surface area contributed by atoms with Crippen LogP contribution >= 0.6 is 0 Å². The monoisotopic (exact) mass is 149 g/mol. The van der Waals surface area contributed by atoms with Gasteiger partial charge in [-0.2, -0.15) is 8.78 Å². The lowest BCUT2D eigenvalue weighted by Gasteiger charge is -1.88. The molecule has 0 saturated heterocycles. The Morgan fingerprint density at radius 2 is 2.00 bits per heavy atom. The molecule has 0 aromatic carbocycles. The van der Waals surface area contributed by atoms with Crippen molar-refractivity contribution < 1.29 is 18.7 Å². The number of halogens is 2. The fourth-order valence-electron chi connectivity index (χ4n) is 0.299. The van der Waals surface area contributed by atoms with Gasteiger partial charge < -0.3 is 10.8 Å². The van der Waals surface area contributed by atoms with Gasteiger partial charge in [0.1, 0.15) is 0 Å². The van der Waals surface area contributed by atoms with E-state index in [0.29, 0.717) is 6.20 Å². The molecule has 0 saturated carbocycles. The molecule has 0 aliphatic rings. The standard InChI is InChI=1S/C5H5F2NO2/c6-4(7)1-3(2-8)5(9)10/h1-2H,8H2,(H,9,10). The third-order valence-corrected chi connectivity index (χ3v) is 0.691. The molecule has 0 bridgehead atoms. The van der Waals surface area contributed by atoms with Crippen LogP contribution in [0.5, 0.6) is 0 Å². The summed E-state index contributed by atoms with van der Waals surface area (Å²) in [5.41, 5.74) is 4.08. The molecule has 3 N–H and O–H groups in total. The predicted molar refractivity (Wildman–Crippen MR) is 30.2 cm³/mol. The molecule has 0 aliphatic carbocycles. The molecule has 3 nitrogen and oxygen atoms in total. The number of rotatable bonds is 2. The summed E-state index contributed by atoms with van der Waals surface area (Å²) in [5.74, 6) is -1.48. The van der Waals surface area contributed by atoms with Crippen molar-refractivity contribution in [1.29, 1.82) is 0 Å². The molecule has 56 valence electrons. The van der Waals surface area contributed by atoms with E-state index >= 15 is 0 Å². The highest BCUT2D eigenvalue weighted by atomic mass is 19.3. The van der Waals surface area contributed by atoms with Crippen molar-refractivity contribution in [2.24, 2.45) is 5.73 Å². The van der Waals surface area contributed by atoms with Gasteiger partial charge >= 0.3 is 5.97 Å². The van der Waals surface area contributed by atoms with Gasteiger partial charge in [-0.1, -0.05) is 0 Å². The largest absolute Gasteiger partial charge is 0.478 e. The zero-order valence-corrected chi connectivity index (χ0v) is 4.84. The molecular formula is C5H5F2NO2. The zero-order chi connectivity index (χ0) is 8.15. The number of carboxylic acids is 1. The first-order chi connectivity index (χ1) is 4.57. The maximum absolute atomic E-state index is 11.3. The van der Waals surface area contributed by atoms with Gasteiger partial charge in [-0.05, 0) is 0 Å². The van der Waals surface area contributed by atoms with Gasteiger partial charge in [0.05, 0.1) is 5.57 Å². The molecule has 0 aromatic heterocycles. The summed E-state index contributed by atoms with van der Waals surface area (Å²) in [5, 5.41) is 8.10. The van der Waals surface area contributed by atoms with Crippen molar-refractivity contribution >= 4 is 5.97 Å².